The van der Waals surface area contributed by atoms with Gasteiger partial charge >= 0.3 is 5.51 Å². The Bertz CT molecular complexity index is 157. The Morgan fingerprint density at radius 3 is 2.79 bits per heavy atom. The monoisotopic (exact) mass is 245 g/mol. The van der Waals surface area contributed by atoms with Crippen LogP contribution in [0.2, 0.25) is 0 Å². The molecule has 84 valence electrons. The minimum atomic E-state index is -4.08. The molecule has 1 N–H and O–H groups in total. The van der Waals surface area contributed by atoms with Gasteiger partial charge in [-0.25, -0.2) is 0 Å². The van der Waals surface area contributed by atoms with Gasteiger partial charge in [0.1, 0.15) is 0 Å². The van der Waals surface area contributed by atoms with Gasteiger partial charge in [0.05, 0.1) is 0 Å². The first kappa shape index (κ1) is 12.5. The number of nitrogens with one attached hydrogen (secondary N) is 1. The summed E-state index contributed by atoms with van der Waals surface area (Å²) in [5.41, 5.74) is -4.08. The Morgan fingerprint density at radius 1 is 1.43 bits per heavy atom. The Kier molecular flexibility index (Phi) is 5.48. The van der Waals surface area contributed by atoms with Gasteiger partial charge in [0.15, 0.2) is 0 Å². The molecule has 1 unspecified atom stereocenters. The SMILES string of the molecule is FC(F)(F)SCCNCC1CCSC1. The lowest BCUT2D eigenvalue weighted by atomic mass is 10.1. The lowest BCUT2D eigenvalue weighted by Crippen LogP contribution is -2.25. The number of hydrogen-bond acceptors (Lipinski definition) is 3. The fourth-order valence-electron chi connectivity index (χ4n) is 1.29. The molecule has 0 aliphatic carbocycles. The summed E-state index contributed by atoms with van der Waals surface area (Å²) >= 11 is 1.97. The second kappa shape index (κ2) is 6.12. The van der Waals surface area contributed by atoms with Crippen LogP contribution in [0.4, 0.5) is 13.2 Å². The van der Waals surface area contributed by atoms with Gasteiger partial charge in [-0.05, 0) is 42.2 Å². The minimum Gasteiger partial charge on any atom is -0.316 e. The van der Waals surface area contributed by atoms with Crippen LogP contribution < -0.4 is 5.32 Å². The van der Waals surface area contributed by atoms with Gasteiger partial charge in [0.25, 0.3) is 0 Å². The molecule has 14 heavy (non-hydrogen) atoms. The van der Waals surface area contributed by atoms with Crippen molar-refractivity contribution in [3.05, 3.63) is 0 Å². The van der Waals surface area contributed by atoms with E-state index in [0.717, 1.165) is 12.3 Å². The van der Waals surface area contributed by atoms with E-state index in [4.69, 9.17) is 0 Å². The Balaban J connectivity index is 1.89. The molecule has 0 saturated carbocycles. The summed E-state index contributed by atoms with van der Waals surface area (Å²) in [5.74, 6) is 3.13. The van der Waals surface area contributed by atoms with E-state index in [1.165, 1.54) is 12.2 Å². The van der Waals surface area contributed by atoms with Crippen molar-refractivity contribution >= 4 is 23.5 Å². The van der Waals surface area contributed by atoms with Gasteiger partial charge in [-0.15, -0.1) is 0 Å². The standard InChI is InChI=1S/C8H14F3NS2/c9-8(10,11)14-4-2-12-5-7-1-3-13-6-7/h7,12H,1-6H2. The van der Waals surface area contributed by atoms with Gasteiger partial charge in [0.2, 0.25) is 0 Å². The maximum absolute atomic E-state index is 11.7. The lowest BCUT2D eigenvalue weighted by molar-refractivity contribution is -0.0327. The third-order valence-electron chi connectivity index (χ3n) is 2.00. The van der Waals surface area contributed by atoms with Crippen molar-refractivity contribution in [2.45, 2.75) is 11.9 Å². The first-order valence-electron chi connectivity index (χ1n) is 4.57. The smallest absolute Gasteiger partial charge is 0.316 e. The fraction of sp³-hybridized carbons (Fsp3) is 1.00. The predicted molar refractivity (Wildman–Crippen MR) is 56.8 cm³/mol. The normalized spacial score (nSPS) is 22.9. The zero-order valence-electron chi connectivity index (χ0n) is 7.77. The van der Waals surface area contributed by atoms with Crippen LogP contribution in [0.25, 0.3) is 0 Å². The van der Waals surface area contributed by atoms with Crippen LogP contribution in [0, 0.1) is 5.92 Å². The highest BCUT2D eigenvalue weighted by Gasteiger charge is 2.27. The largest absolute Gasteiger partial charge is 0.441 e. The molecule has 1 saturated heterocycles. The highest BCUT2D eigenvalue weighted by atomic mass is 32.2. The fourth-order valence-corrected chi connectivity index (χ4v) is 3.05. The minimum absolute atomic E-state index is 0.0484. The molecule has 0 bridgehead atoms. The quantitative estimate of drug-likeness (QED) is 0.748. The molecule has 1 atom stereocenters. The molecule has 6 heteroatoms. The molecule has 0 amide bonds. The number of hydrogen-bond donors (Lipinski definition) is 1. The van der Waals surface area contributed by atoms with E-state index in [1.54, 1.807) is 0 Å². The molecule has 0 radical (unpaired) electrons. The first-order valence-corrected chi connectivity index (χ1v) is 6.71. The van der Waals surface area contributed by atoms with E-state index in [0.29, 0.717) is 12.5 Å². The second-order valence-electron chi connectivity index (χ2n) is 3.23. The molecule has 1 aliphatic heterocycles. The number of halogens is 3. The van der Waals surface area contributed by atoms with E-state index < -0.39 is 5.51 Å². The van der Waals surface area contributed by atoms with Crippen LogP contribution in [0.5, 0.6) is 0 Å². The molecule has 1 fully saturated rings. The van der Waals surface area contributed by atoms with Crippen molar-refractivity contribution < 1.29 is 13.2 Å². The van der Waals surface area contributed by atoms with Gasteiger partial charge in [0, 0.05) is 12.3 Å². The van der Waals surface area contributed by atoms with Crippen LogP contribution in [0.3, 0.4) is 0 Å². The summed E-state index contributed by atoms with van der Waals surface area (Å²) in [4.78, 5) is 0. The first-order chi connectivity index (χ1) is 6.58. The number of thioether (sulfide) groups is 2. The average molecular weight is 245 g/mol. The molecule has 1 heterocycles. The molecule has 0 aromatic heterocycles. The molecule has 0 aromatic rings. The van der Waals surface area contributed by atoms with Crippen LogP contribution in [0.15, 0.2) is 0 Å². The van der Waals surface area contributed by atoms with Gasteiger partial charge in [-0.2, -0.15) is 24.9 Å². The van der Waals surface area contributed by atoms with Crippen LogP contribution in [0.1, 0.15) is 6.42 Å². The van der Waals surface area contributed by atoms with Gasteiger partial charge in [-0.3, -0.25) is 0 Å². The topological polar surface area (TPSA) is 12.0 Å². The zero-order chi connectivity index (χ0) is 10.4. The summed E-state index contributed by atoms with van der Waals surface area (Å²) in [5, 5.41) is 3.07. The summed E-state index contributed by atoms with van der Waals surface area (Å²) in [6.07, 6.45) is 1.20. The van der Waals surface area contributed by atoms with E-state index in [1.807, 2.05) is 11.8 Å². The molecular weight excluding hydrogens is 231 g/mol. The van der Waals surface area contributed by atoms with Crippen molar-refractivity contribution in [1.82, 2.24) is 5.32 Å². The molecule has 0 spiro atoms. The third-order valence-corrected chi connectivity index (χ3v) is 3.97. The highest BCUT2D eigenvalue weighted by Crippen LogP contribution is 2.29. The maximum Gasteiger partial charge on any atom is 0.441 e. The number of alkyl halides is 3. The molecule has 1 rings (SSSR count). The van der Waals surface area contributed by atoms with Crippen molar-refractivity contribution in [2.75, 3.05) is 30.3 Å². The van der Waals surface area contributed by atoms with Gasteiger partial charge in [-0.1, -0.05) is 0 Å². The summed E-state index contributed by atoms with van der Waals surface area (Å²) in [6, 6.07) is 0. The van der Waals surface area contributed by atoms with Crippen molar-refractivity contribution in [3.8, 4) is 0 Å². The van der Waals surface area contributed by atoms with E-state index >= 15 is 0 Å². The predicted octanol–water partition coefficient (Wildman–Crippen LogP) is 2.58. The third kappa shape index (κ3) is 6.03. The van der Waals surface area contributed by atoms with Crippen molar-refractivity contribution in [3.63, 3.8) is 0 Å². The van der Waals surface area contributed by atoms with Crippen LogP contribution in [-0.2, 0) is 0 Å². The van der Waals surface area contributed by atoms with E-state index in [-0.39, 0.29) is 17.5 Å². The molecule has 0 aromatic carbocycles. The Hall–Kier alpha value is 0.450. The second-order valence-corrected chi connectivity index (χ2v) is 5.54. The summed E-state index contributed by atoms with van der Waals surface area (Å²) in [7, 11) is 0. The van der Waals surface area contributed by atoms with Crippen LogP contribution >= 0.6 is 23.5 Å². The van der Waals surface area contributed by atoms with Gasteiger partial charge < -0.3 is 5.32 Å². The summed E-state index contributed by atoms with van der Waals surface area (Å²) in [6.45, 7) is 1.32. The number of rotatable bonds is 5. The molecular formula is C8H14F3NS2. The van der Waals surface area contributed by atoms with E-state index in [2.05, 4.69) is 5.32 Å². The summed E-state index contributed by atoms with van der Waals surface area (Å²) < 4.78 is 35.1. The highest BCUT2D eigenvalue weighted by molar-refractivity contribution is 8.00. The van der Waals surface area contributed by atoms with Crippen LogP contribution in [-0.4, -0.2) is 35.9 Å². The zero-order valence-corrected chi connectivity index (χ0v) is 9.40. The maximum atomic E-state index is 11.7. The molecule has 1 nitrogen and oxygen atoms in total. The average Bonchev–Trinajstić information content (AvgIpc) is 2.54. The lowest BCUT2D eigenvalue weighted by Gasteiger charge is -2.10. The van der Waals surface area contributed by atoms with Crippen molar-refractivity contribution in [1.29, 1.82) is 0 Å². The Labute approximate surface area is 90.6 Å². The van der Waals surface area contributed by atoms with E-state index in [9.17, 15) is 13.2 Å². The Morgan fingerprint density at radius 2 is 2.21 bits per heavy atom. The van der Waals surface area contributed by atoms with Crippen molar-refractivity contribution in [2.24, 2.45) is 5.92 Å². The molecule has 1 aliphatic rings.